The molecule has 1 aromatic carbocycles. The predicted molar refractivity (Wildman–Crippen MR) is 90.6 cm³/mol. The summed E-state index contributed by atoms with van der Waals surface area (Å²) in [5.74, 6) is 0. The molecule has 5 nitrogen and oxygen atoms in total. The Morgan fingerprint density at radius 1 is 1.17 bits per heavy atom. The van der Waals surface area contributed by atoms with Crippen molar-refractivity contribution in [1.29, 1.82) is 0 Å². The second-order valence-corrected chi connectivity index (χ2v) is 8.53. The van der Waals surface area contributed by atoms with Crippen LogP contribution < -0.4 is 4.72 Å². The highest BCUT2D eigenvalue weighted by Crippen LogP contribution is 2.20. The highest BCUT2D eigenvalue weighted by Gasteiger charge is 2.30. The molecule has 0 bridgehead atoms. The van der Waals surface area contributed by atoms with Crippen LogP contribution in [0.3, 0.4) is 0 Å². The van der Waals surface area contributed by atoms with E-state index >= 15 is 0 Å². The van der Waals surface area contributed by atoms with Crippen LogP contribution in [-0.4, -0.2) is 50.9 Å². The Morgan fingerprint density at radius 3 is 2.74 bits per heavy atom. The number of benzene rings is 1. The van der Waals surface area contributed by atoms with Crippen LogP contribution in [0.4, 0.5) is 0 Å². The zero-order valence-electron chi connectivity index (χ0n) is 13.5. The standard InChI is InChI=1S/C17H26N2O3S/c20-23(21,17-9-5-11-22-14-17)18-12-16-8-4-10-19(16)13-15-6-2-1-3-7-15/h1-3,6-7,16-18H,4-5,8-14H2/t16-,17+/m0/s1. The quantitative estimate of drug-likeness (QED) is 0.858. The van der Waals surface area contributed by atoms with Crippen LogP contribution in [0.1, 0.15) is 31.2 Å². The van der Waals surface area contributed by atoms with Crippen molar-refractivity contribution in [2.24, 2.45) is 0 Å². The van der Waals surface area contributed by atoms with Crippen LogP contribution in [-0.2, 0) is 21.3 Å². The Balaban J connectivity index is 1.54. The Labute approximate surface area is 139 Å². The van der Waals surface area contributed by atoms with Gasteiger partial charge in [0, 0.05) is 25.7 Å². The topological polar surface area (TPSA) is 58.6 Å². The van der Waals surface area contributed by atoms with E-state index in [0.717, 1.165) is 32.4 Å². The normalized spacial score (nSPS) is 26.4. The zero-order chi connectivity index (χ0) is 16.1. The Hall–Kier alpha value is -0.950. The van der Waals surface area contributed by atoms with Crippen LogP contribution in [0, 0.1) is 0 Å². The smallest absolute Gasteiger partial charge is 0.216 e. The average Bonchev–Trinajstić information content (AvgIpc) is 3.02. The third-order valence-corrected chi connectivity index (χ3v) is 6.62. The van der Waals surface area contributed by atoms with E-state index in [1.807, 2.05) is 18.2 Å². The van der Waals surface area contributed by atoms with Crippen molar-refractivity contribution in [2.75, 3.05) is 26.3 Å². The molecule has 0 radical (unpaired) electrons. The largest absolute Gasteiger partial charge is 0.380 e. The summed E-state index contributed by atoms with van der Waals surface area (Å²) < 4.78 is 32.9. The highest BCUT2D eigenvalue weighted by atomic mass is 32.2. The van der Waals surface area contributed by atoms with Crippen LogP contribution >= 0.6 is 0 Å². The number of nitrogens with zero attached hydrogens (tertiary/aromatic N) is 1. The van der Waals surface area contributed by atoms with Gasteiger partial charge in [0.2, 0.25) is 10.0 Å². The third-order valence-electron chi connectivity index (χ3n) is 4.81. The van der Waals surface area contributed by atoms with E-state index in [1.54, 1.807) is 0 Å². The van der Waals surface area contributed by atoms with Crippen molar-refractivity contribution in [1.82, 2.24) is 9.62 Å². The molecular weight excluding hydrogens is 312 g/mol. The fourth-order valence-corrected chi connectivity index (χ4v) is 4.85. The van der Waals surface area contributed by atoms with Gasteiger partial charge in [-0.1, -0.05) is 30.3 Å². The first kappa shape index (κ1) is 16.9. The molecule has 2 saturated heterocycles. The number of nitrogens with one attached hydrogen (secondary N) is 1. The van der Waals surface area contributed by atoms with E-state index in [1.165, 1.54) is 5.56 Å². The van der Waals surface area contributed by atoms with E-state index in [-0.39, 0.29) is 11.3 Å². The lowest BCUT2D eigenvalue weighted by Crippen LogP contribution is -2.45. The van der Waals surface area contributed by atoms with Gasteiger partial charge in [0.15, 0.2) is 0 Å². The number of hydrogen-bond donors (Lipinski definition) is 1. The predicted octanol–water partition coefficient (Wildman–Crippen LogP) is 1.75. The zero-order valence-corrected chi connectivity index (χ0v) is 14.3. The molecule has 1 N–H and O–H groups in total. The van der Waals surface area contributed by atoms with Gasteiger partial charge in [0.05, 0.1) is 11.9 Å². The number of sulfonamides is 1. The fraction of sp³-hybridized carbons (Fsp3) is 0.647. The first-order valence-electron chi connectivity index (χ1n) is 8.49. The Morgan fingerprint density at radius 2 is 2.00 bits per heavy atom. The maximum Gasteiger partial charge on any atom is 0.216 e. The molecule has 2 aliphatic heterocycles. The second-order valence-electron chi connectivity index (χ2n) is 6.48. The molecule has 2 heterocycles. The van der Waals surface area contributed by atoms with Gasteiger partial charge < -0.3 is 4.74 Å². The van der Waals surface area contributed by atoms with Gasteiger partial charge in [-0.25, -0.2) is 13.1 Å². The Kier molecular flexibility index (Phi) is 5.69. The maximum atomic E-state index is 12.4. The molecule has 2 aliphatic rings. The first-order valence-corrected chi connectivity index (χ1v) is 10.0. The molecule has 0 saturated carbocycles. The van der Waals surface area contributed by atoms with Crippen LogP contribution in [0.2, 0.25) is 0 Å². The van der Waals surface area contributed by atoms with Crippen molar-refractivity contribution in [2.45, 2.75) is 43.5 Å². The molecule has 0 unspecified atom stereocenters. The van der Waals surface area contributed by atoms with Gasteiger partial charge >= 0.3 is 0 Å². The highest BCUT2D eigenvalue weighted by molar-refractivity contribution is 7.90. The molecular formula is C17H26N2O3S. The summed E-state index contributed by atoms with van der Waals surface area (Å²) in [6.45, 7) is 3.44. The van der Waals surface area contributed by atoms with E-state index in [4.69, 9.17) is 4.74 Å². The summed E-state index contributed by atoms with van der Waals surface area (Å²) in [4.78, 5) is 2.38. The van der Waals surface area contributed by atoms with Crippen molar-refractivity contribution < 1.29 is 13.2 Å². The monoisotopic (exact) mass is 338 g/mol. The van der Waals surface area contributed by atoms with Gasteiger partial charge in [0.1, 0.15) is 0 Å². The average molecular weight is 338 g/mol. The summed E-state index contributed by atoms with van der Waals surface area (Å²) in [7, 11) is -3.27. The SMILES string of the molecule is O=S(=O)(NC[C@@H]1CCCN1Cc1ccccc1)[C@@H]1CCCOC1. The molecule has 0 amide bonds. The minimum absolute atomic E-state index is 0.287. The number of rotatable bonds is 6. The number of likely N-dealkylation sites (tertiary alicyclic amines) is 1. The molecule has 6 heteroatoms. The third kappa shape index (κ3) is 4.53. The van der Waals surface area contributed by atoms with Crippen LogP contribution in [0.5, 0.6) is 0 Å². The summed E-state index contributed by atoms with van der Waals surface area (Å²) >= 11 is 0. The molecule has 1 aromatic rings. The van der Waals surface area contributed by atoms with Gasteiger partial charge in [-0.15, -0.1) is 0 Å². The molecule has 23 heavy (non-hydrogen) atoms. The van der Waals surface area contributed by atoms with Gasteiger partial charge in [0.25, 0.3) is 0 Å². The minimum atomic E-state index is -3.27. The van der Waals surface area contributed by atoms with Crippen LogP contribution in [0.15, 0.2) is 30.3 Å². The Bertz CT molecular complexity index is 585. The maximum absolute atomic E-state index is 12.4. The number of ether oxygens (including phenoxy) is 1. The van der Waals surface area contributed by atoms with Gasteiger partial charge in [-0.2, -0.15) is 0 Å². The van der Waals surface area contributed by atoms with E-state index in [9.17, 15) is 8.42 Å². The van der Waals surface area contributed by atoms with Gasteiger partial charge in [-0.05, 0) is 37.8 Å². The summed E-state index contributed by atoms with van der Waals surface area (Å²) in [6, 6.07) is 10.6. The van der Waals surface area contributed by atoms with E-state index < -0.39 is 10.0 Å². The van der Waals surface area contributed by atoms with Crippen molar-refractivity contribution >= 4 is 10.0 Å². The summed E-state index contributed by atoms with van der Waals surface area (Å²) in [5, 5.41) is -0.389. The molecule has 0 spiro atoms. The van der Waals surface area contributed by atoms with Gasteiger partial charge in [-0.3, -0.25) is 4.90 Å². The van der Waals surface area contributed by atoms with Crippen molar-refractivity contribution in [3.8, 4) is 0 Å². The molecule has 2 fully saturated rings. The molecule has 2 atom stereocenters. The van der Waals surface area contributed by atoms with E-state index in [2.05, 4.69) is 21.8 Å². The first-order chi connectivity index (χ1) is 11.1. The molecule has 0 aliphatic carbocycles. The molecule has 0 aromatic heterocycles. The summed E-state index contributed by atoms with van der Waals surface area (Å²) in [6.07, 6.45) is 3.71. The van der Waals surface area contributed by atoms with Crippen molar-refractivity contribution in [3.63, 3.8) is 0 Å². The summed E-state index contributed by atoms with van der Waals surface area (Å²) in [5.41, 5.74) is 1.28. The van der Waals surface area contributed by atoms with Crippen LogP contribution in [0.25, 0.3) is 0 Å². The van der Waals surface area contributed by atoms with Crippen molar-refractivity contribution in [3.05, 3.63) is 35.9 Å². The molecule has 128 valence electrons. The van der Waals surface area contributed by atoms with E-state index in [0.29, 0.717) is 26.2 Å². The lowest BCUT2D eigenvalue weighted by atomic mass is 10.2. The lowest BCUT2D eigenvalue weighted by molar-refractivity contribution is 0.0987. The fourth-order valence-electron chi connectivity index (χ4n) is 3.44. The molecule has 3 rings (SSSR count). The lowest BCUT2D eigenvalue weighted by Gasteiger charge is -2.27. The minimum Gasteiger partial charge on any atom is -0.380 e. The number of hydrogen-bond acceptors (Lipinski definition) is 4. The second kappa shape index (κ2) is 7.75.